The van der Waals surface area contributed by atoms with Crippen molar-refractivity contribution in [2.75, 3.05) is 0 Å². The molecule has 0 spiro atoms. The smallest absolute Gasteiger partial charge is 0.352 e. The third-order valence-electron chi connectivity index (χ3n) is 1.87. The highest BCUT2D eigenvalue weighted by atomic mass is 19.3. The largest absolute Gasteiger partial charge is 0.479 e. The standard InChI is InChI=1S/C5H2F4O4/c6-3(1(10)11)4(7,2(12)13)5(3,8)9/h(H,10,11)(H,12,13). The predicted molar refractivity (Wildman–Crippen MR) is 27.9 cm³/mol. The summed E-state index contributed by atoms with van der Waals surface area (Å²) in [6, 6.07) is 0. The maximum Gasteiger partial charge on any atom is 0.352 e. The molecular weight excluding hydrogens is 200 g/mol. The van der Waals surface area contributed by atoms with Gasteiger partial charge >= 0.3 is 29.2 Å². The van der Waals surface area contributed by atoms with Crippen molar-refractivity contribution >= 4 is 11.9 Å². The molecule has 0 radical (unpaired) electrons. The maximum absolute atomic E-state index is 12.6. The van der Waals surface area contributed by atoms with Gasteiger partial charge < -0.3 is 10.2 Å². The molecular formula is C5H2F4O4. The van der Waals surface area contributed by atoms with E-state index in [1.54, 1.807) is 0 Å². The second-order valence-corrected chi connectivity index (χ2v) is 2.50. The lowest BCUT2D eigenvalue weighted by atomic mass is 10.2. The van der Waals surface area contributed by atoms with Crippen LogP contribution in [0.25, 0.3) is 0 Å². The van der Waals surface area contributed by atoms with Crippen LogP contribution in [0, 0.1) is 0 Å². The van der Waals surface area contributed by atoms with E-state index in [1.807, 2.05) is 0 Å². The van der Waals surface area contributed by atoms with Gasteiger partial charge in [0.05, 0.1) is 0 Å². The van der Waals surface area contributed by atoms with Crippen LogP contribution in [0.2, 0.25) is 0 Å². The molecule has 0 aliphatic heterocycles. The highest BCUT2D eigenvalue weighted by molar-refractivity contribution is 6.01. The number of carbonyl (C=O) groups is 2. The van der Waals surface area contributed by atoms with Gasteiger partial charge in [-0.3, -0.25) is 0 Å². The van der Waals surface area contributed by atoms with Gasteiger partial charge in [-0.05, 0) is 0 Å². The van der Waals surface area contributed by atoms with Crippen LogP contribution in [0.1, 0.15) is 0 Å². The van der Waals surface area contributed by atoms with Crippen LogP contribution in [0.3, 0.4) is 0 Å². The van der Waals surface area contributed by atoms with E-state index >= 15 is 0 Å². The second kappa shape index (κ2) is 1.94. The SMILES string of the molecule is O=C(O)C1(F)C(F)(F)C1(F)C(=O)O. The van der Waals surface area contributed by atoms with Crippen LogP contribution in [0.5, 0.6) is 0 Å². The molecule has 1 rings (SSSR count). The molecule has 8 heteroatoms. The summed E-state index contributed by atoms with van der Waals surface area (Å²) in [4.78, 5) is 19.7. The molecule has 0 aromatic rings. The zero-order valence-electron chi connectivity index (χ0n) is 5.72. The minimum Gasteiger partial charge on any atom is -0.479 e. The highest BCUT2D eigenvalue weighted by Crippen LogP contribution is 2.67. The molecule has 2 N–H and O–H groups in total. The first-order chi connectivity index (χ1) is 5.64. The van der Waals surface area contributed by atoms with E-state index in [1.165, 1.54) is 0 Å². The monoisotopic (exact) mass is 202 g/mol. The van der Waals surface area contributed by atoms with Gasteiger partial charge in [-0.1, -0.05) is 0 Å². The van der Waals surface area contributed by atoms with Gasteiger partial charge in [0.2, 0.25) is 0 Å². The molecule has 0 saturated heterocycles. The molecule has 13 heavy (non-hydrogen) atoms. The number of alkyl halides is 4. The van der Waals surface area contributed by atoms with Crippen molar-refractivity contribution < 1.29 is 37.4 Å². The average Bonchev–Trinajstić information content (AvgIpc) is 2.32. The van der Waals surface area contributed by atoms with E-state index in [0.717, 1.165) is 0 Å². The fourth-order valence-electron chi connectivity index (χ4n) is 0.983. The van der Waals surface area contributed by atoms with Gasteiger partial charge in [-0.25, -0.2) is 18.4 Å². The van der Waals surface area contributed by atoms with Crippen molar-refractivity contribution in [3.63, 3.8) is 0 Å². The lowest BCUT2D eigenvalue weighted by molar-refractivity contribution is -0.155. The number of hydrogen-bond donors (Lipinski definition) is 2. The maximum atomic E-state index is 12.6. The van der Waals surface area contributed by atoms with Crippen molar-refractivity contribution in [3.05, 3.63) is 0 Å². The number of carboxylic acid groups (broad SMARTS) is 2. The number of carboxylic acids is 2. The van der Waals surface area contributed by atoms with E-state index in [2.05, 4.69) is 0 Å². The quantitative estimate of drug-likeness (QED) is 0.628. The molecule has 0 amide bonds. The number of rotatable bonds is 2. The molecule has 1 saturated carbocycles. The van der Waals surface area contributed by atoms with Crippen molar-refractivity contribution in [3.8, 4) is 0 Å². The van der Waals surface area contributed by atoms with E-state index in [0.29, 0.717) is 0 Å². The van der Waals surface area contributed by atoms with E-state index in [4.69, 9.17) is 10.2 Å². The van der Waals surface area contributed by atoms with E-state index < -0.39 is 29.2 Å². The van der Waals surface area contributed by atoms with Gasteiger partial charge in [0.1, 0.15) is 0 Å². The first kappa shape index (κ1) is 9.75. The lowest BCUT2D eigenvalue weighted by Gasteiger charge is -1.97. The number of halogens is 4. The molecule has 2 unspecified atom stereocenters. The molecule has 1 fully saturated rings. The fraction of sp³-hybridized carbons (Fsp3) is 0.600. The van der Waals surface area contributed by atoms with Crippen molar-refractivity contribution in [1.82, 2.24) is 0 Å². The van der Waals surface area contributed by atoms with Gasteiger partial charge in [-0.2, -0.15) is 8.78 Å². The Kier molecular flexibility index (Phi) is 1.45. The number of hydrogen-bond acceptors (Lipinski definition) is 2. The van der Waals surface area contributed by atoms with Crippen molar-refractivity contribution in [2.24, 2.45) is 0 Å². The van der Waals surface area contributed by atoms with Gasteiger partial charge in [0, 0.05) is 0 Å². The van der Waals surface area contributed by atoms with E-state index in [9.17, 15) is 27.2 Å². The number of aliphatic carboxylic acids is 2. The molecule has 2 atom stereocenters. The Morgan fingerprint density at radius 3 is 1.15 bits per heavy atom. The Morgan fingerprint density at radius 2 is 1.08 bits per heavy atom. The summed E-state index contributed by atoms with van der Waals surface area (Å²) in [5.41, 5.74) is -9.32. The Morgan fingerprint density at radius 1 is 0.846 bits per heavy atom. The summed E-state index contributed by atoms with van der Waals surface area (Å²) in [5.74, 6) is -10.7. The fourth-order valence-corrected chi connectivity index (χ4v) is 0.983. The molecule has 4 nitrogen and oxygen atoms in total. The third kappa shape index (κ3) is 0.629. The van der Waals surface area contributed by atoms with Crippen LogP contribution in [0.4, 0.5) is 17.6 Å². The summed E-state index contributed by atoms with van der Waals surface area (Å²) in [5, 5.41) is 15.7. The third-order valence-corrected chi connectivity index (χ3v) is 1.87. The lowest BCUT2D eigenvalue weighted by Crippen LogP contribution is -2.32. The summed E-state index contributed by atoms with van der Waals surface area (Å²) in [7, 11) is 0. The molecule has 74 valence electrons. The Labute approximate surface area is 67.8 Å². The first-order valence-corrected chi connectivity index (χ1v) is 2.86. The Hall–Kier alpha value is -1.34. The Bertz CT molecular complexity index is 275. The van der Waals surface area contributed by atoms with Crippen molar-refractivity contribution in [1.29, 1.82) is 0 Å². The zero-order valence-corrected chi connectivity index (χ0v) is 5.72. The predicted octanol–water partition coefficient (Wildman–Crippen LogP) is 0.221. The van der Waals surface area contributed by atoms with Gasteiger partial charge in [0.25, 0.3) is 0 Å². The van der Waals surface area contributed by atoms with Crippen LogP contribution in [-0.2, 0) is 9.59 Å². The van der Waals surface area contributed by atoms with Crippen LogP contribution >= 0.6 is 0 Å². The Balaban J connectivity index is 3.22. The molecule has 1 aliphatic rings. The summed E-state index contributed by atoms with van der Waals surface area (Å²) in [6.07, 6.45) is 0. The molecule has 0 heterocycles. The molecule has 1 aliphatic carbocycles. The molecule has 0 aromatic heterocycles. The van der Waals surface area contributed by atoms with Crippen LogP contribution < -0.4 is 0 Å². The summed E-state index contributed by atoms with van der Waals surface area (Å²) >= 11 is 0. The van der Waals surface area contributed by atoms with Gasteiger partial charge in [-0.15, -0.1) is 0 Å². The van der Waals surface area contributed by atoms with E-state index in [-0.39, 0.29) is 0 Å². The average molecular weight is 202 g/mol. The van der Waals surface area contributed by atoms with Crippen LogP contribution in [0.15, 0.2) is 0 Å². The van der Waals surface area contributed by atoms with Gasteiger partial charge in [0.15, 0.2) is 0 Å². The first-order valence-electron chi connectivity index (χ1n) is 2.86. The van der Waals surface area contributed by atoms with Crippen molar-refractivity contribution in [2.45, 2.75) is 17.3 Å². The summed E-state index contributed by atoms with van der Waals surface area (Å²) in [6.45, 7) is 0. The summed E-state index contributed by atoms with van der Waals surface area (Å²) < 4.78 is 49.6. The molecule has 0 bridgehead atoms. The second-order valence-electron chi connectivity index (χ2n) is 2.50. The topological polar surface area (TPSA) is 74.6 Å². The van der Waals surface area contributed by atoms with Crippen LogP contribution in [-0.4, -0.2) is 39.4 Å². The normalized spacial score (nSPS) is 41.2. The minimum absolute atomic E-state index is 2.83. The highest BCUT2D eigenvalue weighted by Gasteiger charge is 3.04. The minimum atomic E-state index is -5.03. The molecule has 0 aromatic carbocycles. The zero-order chi connectivity index (χ0) is 10.7.